The van der Waals surface area contributed by atoms with Gasteiger partial charge in [0.1, 0.15) is 23.4 Å². The van der Waals surface area contributed by atoms with Gasteiger partial charge in [-0.05, 0) is 0 Å². The standard InChI is InChI=1S/C9H5ClN4O/c10-7-6-5(9-11-1-2-15-9)3-12-8(6)14-4-13-7/h1-4H,(H,12,13,14). The minimum atomic E-state index is 0.384. The Bertz CT molecular complexity index is 602. The van der Waals surface area contributed by atoms with Gasteiger partial charge >= 0.3 is 0 Å². The molecule has 3 rings (SSSR count). The predicted octanol–water partition coefficient (Wildman–Crippen LogP) is 2.27. The largest absolute Gasteiger partial charge is 0.444 e. The highest BCUT2D eigenvalue weighted by atomic mass is 35.5. The van der Waals surface area contributed by atoms with Gasteiger partial charge in [-0.25, -0.2) is 15.0 Å². The number of oxazole rings is 1. The molecule has 0 aliphatic carbocycles. The predicted molar refractivity (Wildman–Crippen MR) is 54.4 cm³/mol. The molecular formula is C9H5ClN4O. The molecule has 0 saturated heterocycles. The number of halogens is 1. The van der Waals surface area contributed by atoms with E-state index < -0.39 is 0 Å². The molecule has 3 aromatic heterocycles. The first-order valence-corrected chi connectivity index (χ1v) is 4.61. The van der Waals surface area contributed by atoms with Crippen molar-refractivity contribution in [2.75, 3.05) is 0 Å². The molecule has 74 valence electrons. The quantitative estimate of drug-likeness (QED) is 0.639. The van der Waals surface area contributed by atoms with E-state index in [9.17, 15) is 0 Å². The van der Waals surface area contributed by atoms with Crippen LogP contribution in [0.5, 0.6) is 0 Å². The van der Waals surface area contributed by atoms with Crippen molar-refractivity contribution in [3.63, 3.8) is 0 Å². The molecule has 0 atom stereocenters. The van der Waals surface area contributed by atoms with Crippen molar-refractivity contribution in [3.05, 3.63) is 30.1 Å². The van der Waals surface area contributed by atoms with Crippen LogP contribution in [0, 0.1) is 0 Å². The van der Waals surface area contributed by atoms with Crippen LogP contribution in [0.3, 0.4) is 0 Å². The van der Waals surface area contributed by atoms with E-state index in [0.717, 1.165) is 10.9 Å². The van der Waals surface area contributed by atoms with Gasteiger partial charge in [-0.15, -0.1) is 0 Å². The van der Waals surface area contributed by atoms with Crippen molar-refractivity contribution < 1.29 is 4.42 Å². The van der Waals surface area contributed by atoms with Crippen molar-refractivity contribution in [3.8, 4) is 11.5 Å². The van der Waals surface area contributed by atoms with E-state index in [2.05, 4.69) is 19.9 Å². The fraction of sp³-hybridized carbons (Fsp3) is 0. The molecule has 0 amide bonds. The lowest BCUT2D eigenvalue weighted by molar-refractivity contribution is 0.575. The van der Waals surface area contributed by atoms with Crippen LogP contribution >= 0.6 is 11.6 Å². The molecule has 0 unspecified atom stereocenters. The van der Waals surface area contributed by atoms with E-state index in [4.69, 9.17) is 16.0 Å². The Morgan fingerprint density at radius 2 is 2.20 bits per heavy atom. The lowest BCUT2D eigenvalue weighted by Gasteiger charge is -1.94. The summed E-state index contributed by atoms with van der Waals surface area (Å²) in [7, 11) is 0. The minimum absolute atomic E-state index is 0.384. The molecule has 0 spiro atoms. The van der Waals surface area contributed by atoms with E-state index in [0.29, 0.717) is 16.7 Å². The molecule has 0 aliphatic heterocycles. The molecule has 5 nitrogen and oxygen atoms in total. The van der Waals surface area contributed by atoms with Gasteiger partial charge in [0.05, 0.1) is 17.1 Å². The highest BCUT2D eigenvalue weighted by Crippen LogP contribution is 2.30. The molecule has 0 radical (unpaired) electrons. The molecule has 1 N–H and O–H groups in total. The van der Waals surface area contributed by atoms with Crippen molar-refractivity contribution in [1.29, 1.82) is 0 Å². The maximum atomic E-state index is 5.98. The summed E-state index contributed by atoms with van der Waals surface area (Å²) in [5.74, 6) is 0.498. The smallest absolute Gasteiger partial charge is 0.228 e. The number of hydrogen-bond donors (Lipinski definition) is 1. The third-order valence-electron chi connectivity index (χ3n) is 2.09. The Morgan fingerprint density at radius 3 is 3.00 bits per heavy atom. The summed E-state index contributed by atoms with van der Waals surface area (Å²) in [4.78, 5) is 15.0. The van der Waals surface area contributed by atoms with Crippen molar-refractivity contribution in [2.24, 2.45) is 0 Å². The zero-order chi connectivity index (χ0) is 10.3. The zero-order valence-corrected chi connectivity index (χ0v) is 8.19. The average molecular weight is 221 g/mol. The molecular weight excluding hydrogens is 216 g/mol. The lowest BCUT2D eigenvalue weighted by atomic mass is 10.2. The minimum Gasteiger partial charge on any atom is -0.444 e. The summed E-state index contributed by atoms with van der Waals surface area (Å²) in [5, 5.41) is 1.11. The van der Waals surface area contributed by atoms with Crippen molar-refractivity contribution >= 4 is 22.6 Å². The number of nitrogens with zero attached hydrogens (tertiary/aromatic N) is 3. The Morgan fingerprint density at radius 1 is 1.27 bits per heavy atom. The van der Waals surface area contributed by atoms with E-state index in [1.54, 1.807) is 12.4 Å². The highest BCUT2D eigenvalue weighted by molar-refractivity contribution is 6.35. The first-order chi connectivity index (χ1) is 7.36. The van der Waals surface area contributed by atoms with Crippen LogP contribution in [0.25, 0.3) is 22.5 Å². The van der Waals surface area contributed by atoms with Crippen LogP contribution in [0.1, 0.15) is 0 Å². The molecule has 0 aromatic carbocycles. The first-order valence-electron chi connectivity index (χ1n) is 4.23. The highest BCUT2D eigenvalue weighted by Gasteiger charge is 2.13. The Hall–Kier alpha value is -1.88. The normalized spacial score (nSPS) is 11.0. The third kappa shape index (κ3) is 1.20. The maximum Gasteiger partial charge on any atom is 0.228 e. The fourth-order valence-corrected chi connectivity index (χ4v) is 1.68. The van der Waals surface area contributed by atoms with Crippen LogP contribution in [0.2, 0.25) is 5.15 Å². The van der Waals surface area contributed by atoms with E-state index in [1.807, 2.05) is 0 Å². The van der Waals surface area contributed by atoms with Crippen LogP contribution in [0.4, 0.5) is 0 Å². The van der Waals surface area contributed by atoms with Gasteiger partial charge in [0, 0.05) is 6.20 Å². The summed E-state index contributed by atoms with van der Waals surface area (Å²) in [6, 6.07) is 0. The molecule has 3 heterocycles. The summed E-state index contributed by atoms with van der Waals surface area (Å²) in [6.45, 7) is 0. The number of rotatable bonds is 1. The second kappa shape index (κ2) is 3.06. The van der Waals surface area contributed by atoms with E-state index in [1.165, 1.54) is 12.6 Å². The van der Waals surface area contributed by atoms with Gasteiger partial charge in [-0.1, -0.05) is 11.6 Å². The number of H-pyrrole nitrogens is 1. The second-order valence-corrected chi connectivity index (χ2v) is 3.29. The van der Waals surface area contributed by atoms with Crippen LogP contribution in [-0.4, -0.2) is 19.9 Å². The summed E-state index contributed by atoms with van der Waals surface area (Å²) in [5.41, 5.74) is 1.43. The van der Waals surface area contributed by atoms with Gasteiger partial charge in [0.25, 0.3) is 0 Å². The van der Waals surface area contributed by atoms with E-state index in [-0.39, 0.29) is 0 Å². The van der Waals surface area contributed by atoms with Gasteiger partial charge in [0.2, 0.25) is 5.89 Å². The number of aromatic nitrogens is 4. The number of hydrogen-bond acceptors (Lipinski definition) is 4. The molecule has 0 saturated carbocycles. The monoisotopic (exact) mass is 220 g/mol. The summed E-state index contributed by atoms with van der Waals surface area (Å²) < 4.78 is 5.20. The van der Waals surface area contributed by atoms with Gasteiger partial charge in [-0.3, -0.25) is 0 Å². The fourth-order valence-electron chi connectivity index (χ4n) is 1.45. The lowest BCUT2D eigenvalue weighted by Crippen LogP contribution is -1.82. The second-order valence-electron chi connectivity index (χ2n) is 2.93. The molecule has 0 fully saturated rings. The molecule has 0 bridgehead atoms. The van der Waals surface area contributed by atoms with Gasteiger partial charge in [0.15, 0.2) is 0 Å². The van der Waals surface area contributed by atoms with Crippen LogP contribution in [0.15, 0.2) is 29.4 Å². The molecule has 6 heteroatoms. The third-order valence-corrected chi connectivity index (χ3v) is 2.37. The number of nitrogens with one attached hydrogen (secondary N) is 1. The van der Waals surface area contributed by atoms with Crippen molar-refractivity contribution in [1.82, 2.24) is 19.9 Å². The average Bonchev–Trinajstić information content (AvgIpc) is 2.85. The Labute approximate surface area is 89.1 Å². The zero-order valence-electron chi connectivity index (χ0n) is 7.44. The van der Waals surface area contributed by atoms with Crippen LogP contribution < -0.4 is 0 Å². The number of fused-ring (bicyclic) bond motifs is 1. The molecule has 15 heavy (non-hydrogen) atoms. The summed E-state index contributed by atoms with van der Waals surface area (Å²) in [6.07, 6.45) is 6.23. The SMILES string of the molecule is Clc1ncnc2[nH]cc(-c3ncco3)c12. The van der Waals surface area contributed by atoms with Gasteiger partial charge < -0.3 is 9.40 Å². The molecule has 3 aromatic rings. The molecule has 0 aliphatic rings. The maximum absolute atomic E-state index is 5.98. The van der Waals surface area contributed by atoms with Gasteiger partial charge in [-0.2, -0.15) is 0 Å². The van der Waals surface area contributed by atoms with E-state index >= 15 is 0 Å². The summed E-state index contributed by atoms with van der Waals surface area (Å²) >= 11 is 5.98. The number of aromatic amines is 1. The Kier molecular flexibility index (Phi) is 1.72. The Balaban J connectivity index is 2.37. The van der Waals surface area contributed by atoms with Crippen molar-refractivity contribution in [2.45, 2.75) is 0 Å². The first kappa shape index (κ1) is 8.43. The topological polar surface area (TPSA) is 67.6 Å². The van der Waals surface area contributed by atoms with Crippen LogP contribution in [-0.2, 0) is 0 Å².